The van der Waals surface area contributed by atoms with Crippen molar-refractivity contribution in [2.45, 2.75) is 6.42 Å². The molecule has 1 N–H and O–H groups in total. The minimum absolute atomic E-state index is 0.664. The van der Waals surface area contributed by atoms with Crippen molar-refractivity contribution in [3.05, 3.63) is 23.7 Å². The Morgan fingerprint density at radius 3 is 3.38 bits per heavy atom. The number of rotatable bonds is 3. The summed E-state index contributed by atoms with van der Waals surface area (Å²) in [7, 11) is 0. The number of hydrogen-bond acceptors (Lipinski definition) is 4. The van der Waals surface area contributed by atoms with Gasteiger partial charge in [-0.1, -0.05) is 0 Å². The fourth-order valence-electron chi connectivity index (χ4n) is 1.97. The Morgan fingerprint density at radius 1 is 1.50 bits per heavy atom. The highest BCUT2D eigenvalue weighted by molar-refractivity contribution is 7.16. The summed E-state index contributed by atoms with van der Waals surface area (Å²) in [5.41, 5.74) is 4.16. The van der Waals surface area contributed by atoms with E-state index in [0.29, 0.717) is 5.92 Å². The van der Waals surface area contributed by atoms with Crippen LogP contribution in [0.2, 0.25) is 0 Å². The van der Waals surface area contributed by atoms with Gasteiger partial charge in [0.05, 0.1) is 22.3 Å². The van der Waals surface area contributed by atoms with E-state index in [4.69, 9.17) is 4.74 Å². The third-order valence-corrected chi connectivity index (χ3v) is 3.74. The van der Waals surface area contributed by atoms with Gasteiger partial charge in [-0.15, -0.1) is 11.3 Å². The largest absolute Gasteiger partial charge is 0.385 e. The number of benzene rings is 1. The van der Waals surface area contributed by atoms with Crippen molar-refractivity contribution in [1.82, 2.24) is 4.98 Å². The van der Waals surface area contributed by atoms with Gasteiger partial charge in [-0.2, -0.15) is 0 Å². The van der Waals surface area contributed by atoms with E-state index >= 15 is 0 Å². The van der Waals surface area contributed by atoms with Gasteiger partial charge in [-0.3, -0.25) is 0 Å². The summed E-state index contributed by atoms with van der Waals surface area (Å²) in [5, 5.41) is 3.47. The fourth-order valence-corrected chi connectivity index (χ4v) is 2.69. The Hall–Kier alpha value is -1.13. The van der Waals surface area contributed by atoms with Crippen molar-refractivity contribution in [3.63, 3.8) is 0 Å². The predicted molar refractivity (Wildman–Crippen MR) is 67.0 cm³/mol. The first-order chi connectivity index (χ1) is 7.92. The molecule has 84 valence electrons. The van der Waals surface area contributed by atoms with Crippen LogP contribution in [0.1, 0.15) is 6.42 Å². The first-order valence-electron chi connectivity index (χ1n) is 5.57. The predicted octanol–water partition coefficient (Wildman–Crippen LogP) is 2.74. The van der Waals surface area contributed by atoms with Gasteiger partial charge >= 0.3 is 0 Å². The molecule has 4 heteroatoms. The van der Waals surface area contributed by atoms with Crippen molar-refractivity contribution < 1.29 is 4.74 Å². The lowest BCUT2D eigenvalue weighted by molar-refractivity contribution is 0.187. The van der Waals surface area contributed by atoms with Crippen molar-refractivity contribution >= 4 is 27.2 Å². The average molecular weight is 234 g/mol. The van der Waals surface area contributed by atoms with Gasteiger partial charge < -0.3 is 10.1 Å². The topological polar surface area (TPSA) is 34.2 Å². The number of nitrogens with zero attached hydrogens (tertiary/aromatic N) is 1. The molecular weight excluding hydrogens is 220 g/mol. The zero-order chi connectivity index (χ0) is 10.8. The van der Waals surface area contributed by atoms with Crippen LogP contribution in [0, 0.1) is 5.92 Å². The van der Waals surface area contributed by atoms with Crippen LogP contribution in [0.3, 0.4) is 0 Å². The zero-order valence-electron chi connectivity index (χ0n) is 8.98. The summed E-state index contributed by atoms with van der Waals surface area (Å²) in [6.45, 7) is 2.82. The number of fused-ring (bicyclic) bond motifs is 1. The van der Waals surface area contributed by atoms with E-state index in [1.807, 2.05) is 5.51 Å². The van der Waals surface area contributed by atoms with Crippen LogP contribution in [0.25, 0.3) is 10.2 Å². The van der Waals surface area contributed by atoms with Gasteiger partial charge in [0, 0.05) is 24.8 Å². The van der Waals surface area contributed by atoms with Crippen molar-refractivity contribution in [2.75, 3.05) is 25.1 Å². The monoisotopic (exact) mass is 234 g/mol. The second-order valence-electron chi connectivity index (χ2n) is 4.15. The van der Waals surface area contributed by atoms with E-state index in [0.717, 1.165) is 25.3 Å². The summed E-state index contributed by atoms with van der Waals surface area (Å²) in [6.07, 6.45) is 1.18. The maximum absolute atomic E-state index is 5.36. The summed E-state index contributed by atoms with van der Waals surface area (Å²) in [4.78, 5) is 4.27. The molecule has 1 saturated heterocycles. The number of aromatic nitrogens is 1. The van der Waals surface area contributed by atoms with E-state index in [1.165, 1.54) is 16.8 Å². The van der Waals surface area contributed by atoms with Crippen LogP contribution >= 0.6 is 11.3 Å². The van der Waals surface area contributed by atoms with Crippen molar-refractivity contribution in [2.24, 2.45) is 5.92 Å². The maximum Gasteiger partial charge on any atom is 0.0813 e. The van der Waals surface area contributed by atoms with Gasteiger partial charge in [0.25, 0.3) is 0 Å². The van der Waals surface area contributed by atoms with Crippen LogP contribution in [-0.2, 0) is 4.74 Å². The van der Waals surface area contributed by atoms with E-state index < -0.39 is 0 Å². The van der Waals surface area contributed by atoms with Crippen molar-refractivity contribution in [1.29, 1.82) is 0 Å². The number of nitrogens with one attached hydrogen (secondary N) is 1. The lowest BCUT2D eigenvalue weighted by atomic mass is 10.1. The Kier molecular flexibility index (Phi) is 2.76. The molecule has 0 bridgehead atoms. The van der Waals surface area contributed by atoms with E-state index in [2.05, 4.69) is 28.5 Å². The quantitative estimate of drug-likeness (QED) is 0.886. The molecule has 1 aromatic carbocycles. The van der Waals surface area contributed by atoms with Gasteiger partial charge in [0.1, 0.15) is 0 Å². The SMILES string of the molecule is c1nc2ccc(NCC3CCOC3)cc2s1. The molecule has 1 aromatic heterocycles. The highest BCUT2D eigenvalue weighted by Gasteiger charge is 2.14. The molecule has 1 aliphatic heterocycles. The molecule has 0 radical (unpaired) electrons. The Morgan fingerprint density at radius 2 is 2.50 bits per heavy atom. The molecule has 1 unspecified atom stereocenters. The molecule has 2 aromatic rings. The Balaban J connectivity index is 1.68. The third-order valence-electron chi connectivity index (χ3n) is 2.95. The first kappa shape index (κ1) is 10.1. The molecule has 1 aliphatic rings. The Bertz CT molecular complexity index is 477. The molecule has 3 rings (SSSR count). The number of hydrogen-bond donors (Lipinski definition) is 1. The molecule has 1 fully saturated rings. The van der Waals surface area contributed by atoms with Crippen LogP contribution in [0.5, 0.6) is 0 Å². The highest BCUT2D eigenvalue weighted by atomic mass is 32.1. The van der Waals surface area contributed by atoms with E-state index in [9.17, 15) is 0 Å². The molecular formula is C12H14N2OS. The lowest BCUT2D eigenvalue weighted by Crippen LogP contribution is -2.13. The highest BCUT2D eigenvalue weighted by Crippen LogP contribution is 2.22. The minimum atomic E-state index is 0.664. The normalized spacial score (nSPS) is 20.4. The van der Waals surface area contributed by atoms with Crippen LogP contribution in [-0.4, -0.2) is 24.7 Å². The van der Waals surface area contributed by atoms with E-state index in [1.54, 1.807) is 11.3 Å². The fraction of sp³-hybridized carbons (Fsp3) is 0.417. The Labute approximate surface area is 98.5 Å². The van der Waals surface area contributed by atoms with Crippen LogP contribution in [0.4, 0.5) is 5.69 Å². The van der Waals surface area contributed by atoms with Crippen LogP contribution in [0.15, 0.2) is 23.7 Å². The number of anilines is 1. The molecule has 2 heterocycles. The van der Waals surface area contributed by atoms with Gasteiger partial charge in [-0.25, -0.2) is 4.98 Å². The lowest BCUT2D eigenvalue weighted by Gasteiger charge is -2.10. The standard InChI is InChI=1S/C12H14N2OS/c1-2-11-12(16-8-14-11)5-10(1)13-6-9-3-4-15-7-9/h1-2,5,8-9,13H,3-4,6-7H2. The van der Waals surface area contributed by atoms with Crippen molar-refractivity contribution in [3.8, 4) is 0 Å². The average Bonchev–Trinajstić information content (AvgIpc) is 2.97. The maximum atomic E-state index is 5.36. The van der Waals surface area contributed by atoms with Crippen LogP contribution < -0.4 is 5.32 Å². The molecule has 0 amide bonds. The van der Waals surface area contributed by atoms with Gasteiger partial charge in [0.2, 0.25) is 0 Å². The number of ether oxygens (including phenoxy) is 1. The molecule has 16 heavy (non-hydrogen) atoms. The summed E-state index contributed by atoms with van der Waals surface area (Å²) in [6, 6.07) is 6.33. The molecule has 0 spiro atoms. The summed E-state index contributed by atoms with van der Waals surface area (Å²) in [5.74, 6) is 0.664. The summed E-state index contributed by atoms with van der Waals surface area (Å²) >= 11 is 1.68. The molecule has 0 aliphatic carbocycles. The molecule has 3 nitrogen and oxygen atoms in total. The van der Waals surface area contributed by atoms with Gasteiger partial charge in [-0.05, 0) is 24.6 Å². The summed E-state index contributed by atoms with van der Waals surface area (Å²) < 4.78 is 6.60. The zero-order valence-corrected chi connectivity index (χ0v) is 9.80. The second-order valence-corrected chi connectivity index (χ2v) is 5.03. The second kappa shape index (κ2) is 4.39. The van der Waals surface area contributed by atoms with E-state index in [-0.39, 0.29) is 0 Å². The minimum Gasteiger partial charge on any atom is -0.385 e. The number of thiazole rings is 1. The third kappa shape index (κ3) is 2.03. The smallest absolute Gasteiger partial charge is 0.0813 e. The molecule has 0 saturated carbocycles. The molecule has 1 atom stereocenters. The first-order valence-corrected chi connectivity index (χ1v) is 6.44. The van der Waals surface area contributed by atoms with Gasteiger partial charge in [0.15, 0.2) is 0 Å².